The van der Waals surface area contributed by atoms with Crippen molar-refractivity contribution in [1.29, 1.82) is 0 Å². The number of anilines is 1. The standard InChI is InChI=1S/C13H20FN3/c1-11-9-12(3-4-13(11)14)16(2)10-17-7-5-15-6-8-17/h3-4,9,15H,5-8,10H2,1-2H3. The number of piperazine rings is 1. The van der Waals surface area contributed by atoms with E-state index in [1.807, 2.05) is 12.1 Å². The molecule has 0 atom stereocenters. The van der Waals surface area contributed by atoms with Crippen LogP contribution in [0.2, 0.25) is 0 Å². The van der Waals surface area contributed by atoms with Crippen LogP contribution < -0.4 is 10.2 Å². The molecule has 1 aliphatic rings. The molecule has 1 aliphatic heterocycles. The molecule has 0 bridgehead atoms. The third-order valence-corrected chi connectivity index (χ3v) is 3.20. The molecule has 4 heteroatoms. The lowest BCUT2D eigenvalue weighted by molar-refractivity contribution is 0.243. The topological polar surface area (TPSA) is 18.5 Å². The third kappa shape index (κ3) is 3.17. The fraction of sp³-hybridized carbons (Fsp3) is 0.538. The van der Waals surface area contributed by atoms with E-state index in [1.54, 1.807) is 13.0 Å². The van der Waals surface area contributed by atoms with Crippen LogP contribution in [0.25, 0.3) is 0 Å². The van der Waals surface area contributed by atoms with E-state index in [1.165, 1.54) is 0 Å². The first kappa shape index (κ1) is 12.3. The van der Waals surface area contributed by atoms with E-state index in [2.05, 4.69) is 22.2 Å². The molecule has 0 amide bonds. The first-order chi connectivity index (χ1) is 8.16. The first-order valence-corrected chi connectivity index (χ1v) is 6.07. The van der Waals surface area contributed by atoms with Gasteiger partial charge in [-0.15, -0.1) is 0 Å². The highest BCUT2D eigenvalue weighted by Gasteiger charge is 2.12. The van der Waals surface area contributed by atoms with Crippen molar-refractivity contribution in [1.82, 2.24) is 10.2 Å². The Labute approximate surface area is 102 Å². The molecular formula is C13H20FN3. The van der Waals surface area contributed by atoms with Crippen LogP contribution in [0.1, 0.15) is 5.56 Å². The van der Waals surface area contributed by atoms with Crippen molar-refractivity contribution >= 4 is 5.69 Å². The van der Waals surface area contributed by atoms with Gasteiger partial charge in [-0.05, 0) is 30.7 Å². The molecule has 17 heavy (non-hydrogen) atoms. The van der Waals surface area contributed by atoms with Gasteiger partial charge in [-0.25, -0.2) is 4.39 Å². The molecule has 1 aromatic rings. The largest absolute Gasteiger partial charge is 0.362 e. The van der Waals surface area contributed by atoms with Gasteiger partial charge in [0.2, 0.25) is 0 Å². The molecular weight excluding hydrogens is 217 g/mol. The lowest BCUT2D eigenvalue weighted by Gasteiger charge is -2.32. The SMILES string of the molecule is Cc1cc(N(C)CN2CCNCC2)ccc1F. The maximum atomic E-state index is 13.2. The highest BCUT2D eigenvalue weighted by molar-refractivity contribution is 5.47. The molecule has 3 nitrogen and oxygen atoms in total. The lowest BCUT2D eigenvalue weighted by Crippen LogP contribution is -2.47. The molecule has 0 spiro atoms. The summed E-state index contributed by atoms with van der Waals surface area (Å²) in [6.45, 7) is 6.95. The van der Waals surface area contributed by atoms with E-state index >= 15 is 0 Å². The summed E-state index contributed by atoms with van der Waals surface area (Å²) in [7, 11) is 2.05. The average molecular weight is 237 g/mol. The normalized spacial score (nSPS) is 17.1. The van der Waals surface area contributed by atoms with Crippen molar-refractivity contribution in [2.75, 3.05) is 44.8 Å². The fourth-order valence-corrected chi connectivity index (χ4v) is 2.10. The van der Waals surface area contributed by atoms with Crippen molar-refractivity contribution < 1.29 is 4.39 Å². The van der Waals surface area contributed by atoms with Gasteiger partial charge in [-0.1, -0.05) is 0 Å². The van der Waals surface area contributed by atoms with Crippen LogP contribution in [0.5, 0.6) is 0 Å². The third-order valence-electron chi connectivity index (χ3n) is 3.20. The van der Waals surface area contributed by atoms with E-state index in [9.17, 15) is 4.39 Å². The second kappa shape index (κ2) is 5.47. The van der Waals surface area contributed by atoms with Gasteiger partial charge in [-0.2, -0.15) is 0 Å². The van der Waals surface area contributed by atoms with Crippen LogP contribution in [0.15, 0.2) is 18.2 Å². The van der Waals surface area contributed by atoms with Gasteiger partial charge < -0.3 is 10.2 Å². The van der Waals surface area contributed by atoms with Gasteiger partial charge in [0.05, 0.1) is 6.67 Å². The Morgan fingerprint density at radius 2 is 2.06 bits per heavy atom. The van der Waals surface area contributed by atoms with E-state index < -0.39 is 0 Å². The number of hydrogen-bond acceptors (Lipinski definition) is 3. The van der Waals surface area contributed by atoms with Gasteiger partial charge in [0, 0.05) is 38.9 Å². The minimum absolute atomic E-state index is 0.135. The zero-order valence-corrected chi connectivity index (χ0v) is 10.5. The van der Waals surface area contributed by atoms with Gasteiger partial charge in [0.1, 0.15) is 5.82 Å². The number of aryl methyl sites for hydroxylation is 1. The van der Waals surface area contributed by atoms with Crippen LogP contribution in [0, 0.1) is 12.7 Å². The highest BCUT2D eigenvalue weighted by Crippen LogP contribution is 2.17. The molecule has 1 saturated heterocycles. The lowest BCUT2D eigenvalue weighted by atomic mass is 10.2. The summed E-state index contributed by atoms with van der Waals surface area (Å²) in [5.41, 5.74) is 1.78. The molecule has 0 aliphatic carbocycles. The highest BCUT2D eigenvalue weighted by atomic mass is 19.1. The first-order valence-electron chi connectivity index (χ1n) is 6.07. The minimum atomic E-state index is -0.135. The zero-order valence-electron chi connectivity index (χ0n) is 10.5. The fourth-order valence-electron chi connectivity index (χ4n) is 2.10. The Morgan fingerprint density at radius 1 is 1.35 bits per heavy atom. The summed E-state index contributed by atoms with van der Waals surface area (Å²) in [5, 5.41) is 3.33. The molecule has 0 aromatic heterocycles. The van der Waals surface area contributed by atoms with Gasteiger partial charge in [0.25, 0.3) is 0 Å². The van der Waals surface area contributed by atoms with Crippen molar-refractivity contribution in [3.8, 4) is 0 Å². The summed E-state index contributed by atoms with van der Waals surface area (Å²) in [6.07, 6.45) is 0. The molecule has 94 valence electrons. The van der Waals surface area contributed by atoms with Crippen LogP contribution >= 0.6 is 0 Å². The summed E-state index contributed by atoms with van der Waals surface area (Å²) in [4.78, 5) is 4.56. The summed E-state index contributed by atoms with van der Waals surface area (Å²) < 4.78 is 13.2. The summed E-state index contributed by atoms with van der Waals surface area (Å²) in [6, 6.07) is 5.28. The molecule has 0 unspecified atom stereocenters. The minimum Gasteiger partial charge on any atom is -0.362 e. The zero-order chi connectivity index (χ0) is 12.3. The summed E-state index contributed by atoms with van der Waals surface area (Å²) in [5.74, 6) is -0.135. The van der Waals surface area contributed by atoms with Crippen LogP contribution in [0.3, 0.4) is 0 Å². The Morgan fingerprint density at radius 3 is 2.71 bits per heavy atom. The number of nitrogens with zero attached hydrogens (tertiary/aromatic N) is 2. The molecule has 1 heterocycles. The quantitative estimate of drug-likeness (QED) is 0.858. The van der Waals surface area contributed by atoms with Crippen LogP contribution in [-0.4, -0.2) is 44.8 Å². The van der Waals surface area contributed by atoms with Crippen molar-refractivity contribution in [2.24, 2.45) is 0 Å². The van der Waals surface area contributed by atoms with Gasteiger partial charge in [0.15, 0.2) is 0 Å². The van der Waals surface area contributed by atoms with Gasteiger partial charge in [-0.3, -0.25) is 4.90 Å². The number of benzene rings is 1. The number of nitrogens with one attached hydrogen (secondary N) is 1. The number of halogens is 1. The number of rotatable bonds is 3. The van der Waals surface area contributed by atoms with Crippen molar-refractivity contribution in [3.63, 3.8) is 0 Å². The summed E-state index contributed by atoms with van der Waals surface area (Å²) >= 11 is 0. The Bertz CT molecular complexity index is 375. The second-order valence-corrected chi connectivity index (χ2v) is 4.64. The number of hydrogen-bond donors (Lipinski definition) is 1. The maximum absolute atomic E-state index is 13.2. The van der Waals surface area contributed by atoms with Crippen molar-refractivity contribution in [2.45, 2.75) is 6.92 Å². The van der Waals surface area contributed by atoms with E-state index in [4.69, 9.17) is 0 Å². The average Bonchev–Trinajstić information content (AvgIpc) is 2.34. The predicted molar refractivity (Wildman–Crippen MR) is 68.8 cm³/mol. The monoisotopic (exact) mass is 237 g/mol. The Hall–Kier alpha value is -1.13. The molecule has 1 aromatic carbocycles. The van der Waals surface area contributed by atoms with Crippen molar-refractivity contribution in [3.05, 3.63) is 29.6 Å². The molecule has 1 N–H and O–H groups in total. The van der Waals surface area contributed by atoms with Crippen LogP contribution in [0.4, 0.5) is 10.1 Å². The second-order valence-electron chi connectivity index (χ2n) is 4.64. The smallest absolute Gasteiger partial charge is 0.126 e. The van der Waals surface area contributed by atoms with Crippen LogP contribution in [-0.2, 0) is 0 Å². The molecule has 2 rings (SSSR count). The molecule has 0 radical (unpaired) electrons. The maximum Gasteiger partial charge on any atom is 0.126 e. The van der Waals surface area contributed by atoms with E-state index in [0.29, 0.717) is 5.56 Å². The predicted octanol–water partition coefficient (Wildman–Crippen LogP) is 1.43. The molecule has 1 fully saturated rings. The Kier molecular flexibility index (Phi) is 3.97. The van der Waals surface area contributed by atoms with E-state index in [-0.39, 0.29) is 5.82 Å². The Balaban J connectivity index is 1.98. The molecule has 0 saturated carbocycles. The van der Waals surface area contributed by atoms with E-state index in [0.717, 1.165) is 38.5 Å². The van der Waals surface area contributed by atoms with Gasteiger partial charge >= 0.3 is 0 Å².